The van der Waals surface area contributed by atoms with Crippen LogP contribution in [0.1, 0.15) is 5.56 Å². The molecule has 0 bridgehead atoms. The number of benzene rings is 2. The summed E-state index contributed by atoms with van der Waals surface area (Å²) in [5, 5.41) is 26.1. The van der Waals surface area contributed by atoms with Crippen molar-refractivity contribution in [3.8, 4) is 5.75 Å². The van der Waals surface area contributed by atoms with Crippen molar-refractivity contribution in [2.75, 3.05) is 7.11 Å². The molecule has 0 aliphatic heterocycles. The lowest BCUT2D eigenvalue weighted by molar-refractivity contribution is -0.329. The van der Waals surface area contributed by atoms with Crippen LogP contribution >= 0.6 is 0 Å². The van der Waals surface area contributed by atoms with Gasteiger partial charge in [-0.25, -0.2) is 5.43 Å². The molecule has 2 aromatic carbocycles. The first kappa shape index (κ1) is 14.7. The van der Waals surface area contributed by atoms with Crippen molar-refractivity contribution in [3.63, 3.8) is 0 Å². The van der Waals surface area contributed by atoms with Crippen molar-refractivity contribution in [2.24, 2.45) is 15.9 Å². The van der Waals surface area contributed by atoms with Gasteiger partial charge in [-0.1, -0.05) is 30.3 Å². The fraction of sp³-hybridized carbons (Fsp3) is 0.0769. The Balaban J connectivity index is 2.36. The number of nitrogens with zero attached hydrogens (tertiary/aromatic N) is 3. The van der Waals surface area contributed by atoms with E-state index >= 15 is 0 Å². The van der Waals surface area contributed by atoms with Gasteiger partial charge >= 0.3 is 0 Å². The van der Waals surface area contributed by atoms with Crippen LogP contribution in [0.25, 0.3) is 10.8 Å². The maximum atomic E-state index is 8.51. The quantitative estimate of drug-likeness (QED) is 0.380. The number of hydrogen-bond donors (Lipinski definition) is 4. The molecule has 0 saturated carbocycles. The van der Waals surface area contributed by atoms with E-state index in [4.69, 9.17) is 20.9 Å². The second kappa shape index (κ2) is 6.66. The molecule has 8 heteroatoms. The van der Waals surface area contributed by atoms with E-state index < -0.39 is 0 Å². The first-order chi connectivity index (χ1) is 10.1. The van der Waals surface area contributed by atoms with Crippen LogP contribution in [0.3, 0.4) is 0 Å². The highest BCUT2D eigenvalue weighted by molar-refractivity contribution is 6.02. The van der Waals surface area contributed by atoms with Gasteiger partial charge in [0.05, 0.1) is 13.3 Å². The summed E-state index contributed by atoms with van der Waals surface area (Å²) < 4.78 is 5.30. The molecule has 0 saturated heterocycles. The second-order valence-electron chi connectivity index (χ2n) is 4.03. The molecule has 5 N–H and O–H groups in total. The Morgan fingerprint density at radius 1 is 1.29 bits per heavy atom. The Bertz CT molecular complexity index is 685. The van der Waals surface area contributed by atoms with Crippen LogP contribution in [0.15, 0.2) is 46.6 Å². The number of rotatable bonds is 4. The van der Waals surface area contributed by atoms with Crippen LogP contribution in [-0.2, 0) is 0 Å². The highest BCUT2D eigenvalue weighted by Crippen LogP contribution is 2.26. The van der Waals surface area contributed by atoms with E-state index in [0.29, 0.717) is 5.75 Å². The van der Waals surface area contributed by atoms with Gasteiger partial charge in [-0.05, 0) is 16.8 Å². The molecule has 110 valence electrons. The Kier molecular flexibility index (Phi) is 4.67. The summed E-state index contributed by atoms with van der Waals surface area (Å²) in [4.78, 5) is 0. The van der Waals surface area contributed by atoms with Gasteiger partial charge in [-0.2, -0.15) is 5.10 Å². The molecule has 0 fully saturated rings. The number of fused-ring (bicyclic) bond motifs is 1. The third-order valence-electron chi connectivity index (χ3n) is 2.72. The molecule has 0 amide bonds. The molecular formula is C13H15N5O3. The van der Waals surface area contributed by atoms with Crippen LogP contribution in [0, 0.1) is 0 Å². The first-order valence-electron chi connectivity index (χ1n) is 5.98. The summed E-state index contributed by atoms with van der Waals surface area (Å²) >= 11 is 0. The third kappa shape index (κ3) is 3.66. The van der Waals surface area contributed by atoms with Gasteiger partial charge < -0.3 is 10.5 Å². The van der Waals surface area contributed by atoms with Crippen LogP contribution in [0.4, 0.5) is 0 Å². The zero-order valence-electron chi connectivity index (χ0n) is 11.3. The minimum atomic E-state index is -0.313. The molecule has 0 unspecified atom stereocenters. The van der Waals surface area contributed by atoms with Gasteiger partial charge in [-0.15, -0.1) is 5.10 Å². The molecule has 0 atom stereocenters. The average molecular weight is 289 g/mol. The third-order valence-corrected chi connectivity index (χ3v) is 2.72. The van der Waals surface area contributed by atoms with Gasteiger partial charge in [0.25, 0.3) is 0 Å². The van der Waals surface area contributed by atoms with Gasteiger partial charge in [-0.3, -0.25) is 10.4 Å². The summed E-state index contributed by atoms with van der Waals surface area (Å²) in [6, 6.07) is 11.5. The van der Waals surface area contributed by atoms with Gasteiger partial charge in [0.2, 0.25) is 5.96 Å². The molecule has 0 radical (unpaired) electrons. The maximum absolute atomic E-state index is 8.51. The molecule has 0 aliphatic carbocycles. The van der Waals surface area contributed by atoms with Crippen LogP contribution in [-0.4, -0.2) is 35.0 Å². The van der Waals surface area contributed by atoms with Crippen LogP contribution < -0.4 is 15.9 Å². The Hall–Kier alpha value is -2.68. The minimum Gasteiger partial charge on any atom is -0.496 e. The van der Waals surface area contributed by atoms with Crippen molar-refractivity contribution in [1.29, 1.82) is 0 Å². The smallest absolute Gasteiger partial charge is 0.232 e. The zero-order valence-corrected chi connectivity index (χ0v) is 11.3. The second-order valence-corrected chi connectivity index (χ2v) is 4.03. The van der Waals surface area contributed by atoms with Crippen LogP contribution in [0.5, 0.6) is 5.75 Å². The van der Waals surface area contributed by atoms with Crippen molar-refractivity contribution in [1.82, 2.24) is 10.8 Å². The molecule has 0 spiro atoms. The normalized spacial score (nSPS) is 12.3. The topological polar surface area (TPSA) is 116 Å². The number of hydrogen-bond acceptors (Lipinski definition) is 6. The monoisotopic (exact) mass is 289 g/mol. The molecule has 21 heavy (non-hydrogen) atoms. The van der Waals surface area contributed by atoms with Gasteiger partial charge in [0, 0.05) is 10.9 Å². The molecule has 2 rings (SSSR count). The molecule has 0 aromatic heterocycles. The average Bonchev–Trinajstić information content (AvgIpc) is 2.46. The van der Waals surface area contributed by atoms with Crippen molar-refractivity contribution < 1.29 is 15.2 Å². The van der Waals surface area contributed by atoms with Gasteiger partial charge in [0.15, 0.2) is 0 Å². The predicted molar refractivity (Wildman–Crippen MR) is 78.3 cm³/mol. The van der Waals surface area contributed by atoms with E-state index in [2.05, 4.69) is 10.2 Å². The summed E-state index contributed by atoms with van der Waals surface area (Å²) in [5.41, 5.74) is 8.02. The van der Waals surface area contributed by atoms with Crippen LogP contribution in [0.2, 0.25) is 0 Å². The fourth-order valence-electron chi connectivity index (χ4n) is 1.86. The van der Waals surface area contributed by atoms with E-state index in [0.717, 1.165) is 16.3 Å². The molecular weight excluding hydrogens is 274 g/mol. The fourth-order valence-corrected chi connectivity index (χ4v) is 1.86. The number of methoxy groups -OCH3 is 1. The van der Waals surface area contributed by atoms with Gasteiger partial charge in [0.1, 0.15) is 5.75 Å². The summed E-state index contributed by atoms with van der Waals surface area (Å²) in [6.07, 6.45) is 1.48. The first-order valence-corrected chi connectivity index (χ1v) is 5.98. The SMILES string of the molecule is COc1ccc2ccccc2c1C=NN=C(N)NN(O)O. The number of nitrogens with one attached hydrogen (secondary N) is 1. The minimum absolute atomic E-state index is 0.282. The lowest BCUT2D eigenvalue weighted by Gasteiger charge is -2.08. The standard InChI is InChI=1S/C13H15N5O3/c1-21-12-7-6-9-4-2-3-5-10(9)11(12)8-15-16-13(14)17-18(19)20/h2-8,19-20H,1H3,(H3,14,16,17). The van der Waals surface area contributed by atoms with Crippen molar-refractivity contribution in [3.05, 3.63) is 42.0 Å². The van der Waals surface area contributed by atoms with E-state index in [1.807, 2.05) is 41.8 Å². The lowest BCUT2D eigenvalue weighted by Crippen LogP contribution is -2.41. The number of hydrazine groups is 1. The largest absolute Gasteiger partial charge is 0.496 e. The van der Waals surface area contributed by atoms with E-state index in [9.17, 15) is 0 Å². The summed E-state index contributed by atoms with van der Waals surface area (Å²) in [7, 11) is 1.57. The highest BCUT2D eigenvalue weighted by Gasteiger charge is 2.05. The number of guanidine groups is 1. The van der Waals surface area contributed by atoms with E-state index in [-0.39, 0.29) is 11.3 Å². The Labute approximate surface area is 120 Å². The molecule has 0 aliphatic rings. The number of ether oxygens (including phenoxy) is 1. The predicted octanol–water partition coefficient (Wildman–Crippen LogP) is 1.08. The zero-order chi connectivity index (χ0) is 15.2. The molecule has 2 aromatic rings. The van der Waals surface area contributed by atoms with Crippen molar-refractivity contribution in [2.45, 2.75) is 0 Å². The van der Waals surface area contributed by atoms with E-state index in [1.54, 1.807) is 7.11 Å². The number of nitrogens with two attached hydrogens (primary N) is 1. The molecule has 8 nitrogen and oxygen atoms in total. The summed E-state index contributed by atoms with van der Waals surface area (Å²) in [6.45, 7) is 0. The molecule has 0 heterocycles. The summed E-state index contributed by atoms with van der Waals surface area (Å²) in [5.74, 6) is 0.362. The highest BCUT2D eigenvalue weighted by atomic mass is 16.8. The Morgan fingerprint density at radius 3 is 2.76 bits per heavy atom. The maximum Gasteiger partial charge on any atom is 0.232 e. The van der Waals surface area contributed by atoms with Crippen molar-refractivity contribution >= 4 is 22.9 Å². The van der Waals surface area contributed by atoms with E-state index in [1.165, 1.54) is 6.21 Å². The lowest BCUT2D eigenvalue weighted by atomic mass is 10.0. The Morgan fingerprint density at radius 2 is 2.05 bits per heavy atom.